The topological polar surface area (TPSA) is 110 Å². The van der Waals surface area contributed by atoms with Gasteiger partial charge < -0.3 is 20.7 Å². The summed E-state index contributed by atoms with van der Waals surface area (Å²) < 4.78 is 33.1. The van der Waals surface area contributed by atoms with E-state index in [0.717, 1.165) is 42.9 Å². The lowest BCUT2D eigenvalue weighted by Crippen LogP contribution is -2.43. The van der Waals surface area contributed by atoms with Crippen LogP contribution in [-0.2, 0) is 10.0 Å². The van der Waals surface area contributed by atoms with Gasteiger partial charge in [-0.3, -0.25) is 4.72 Å². The Labute approximate surface area is 207 Å². The molecule has 0 amide bonds. The molecule has 9 heteroatoms. The molecular weight excluding hydrogens is 462 g/mol. The van der Waals surface area contributed by atoms with Crippen LogP contribution in [-0.4, -0.2) is 52.4 Å². The number of piperazine rings is 1. The largest absolute Gasteiger partial charge is 0.497 e. The third-order valence-electron chi connectivity index (χ3n) is 5.88. The van der Waals surface area contributed by atoms with E-state index in [-0.39, 0.29) is 11.7 Å². The summed E-state index contributed by atoms with van der Waals surface area (Å²) in [6.45, 7) is 7.69. The zero-order valence-electron chi connectivity index (χ0n) is 20.4. The highest BCUT2D eigenvalue weighted by Crippen LogP contribution is 2.34. The zero-order chi connectivity index (χ0) is 25.0. The highest BCUT2D eigenvalue weighted by Gasteiger charge is 2.16. The van der Waals surface area contributed by atoms with Crippen LogP contribution in [0.25, 0.3) is 22.3 Å². The fraction of sp³-hybridized carbons (Fsp3) is 0.346. The summed E-state index contributed by atoms with van der Waals surface area (Å²) in [5.41, 5.74) is 11.2. The van der Waals surface area contributed by atoms with E-state index in [1.54, 1.807) is 25.4 Å². The molecule has 0 spiro atoms. The molecule has 4 rings (SSSR count). The molecule has 1 fully saturated rings. The predicted molar refractivity (Wildman–Crippen MR) is 143 cm³/mol. The van der Waals surface area contributed by atoms with Gasteiger partial charge >= 0.3 is 0 Å². The predicted octanol–water partition coefficient (Wildman–Crippen LogP) is 3.81. The minimum absolute atomic E-state index is 0.00655. The summed E-state index contributed by atoms with van der Waals surface area (Å²) in [6, 6.07) is 15.6. The first-order valence-electron chi connectivity index (χ1n) is 11.8. The number of sulfonamides is 1. The van der Waals surface area contributed by atoms with E-state index in [1.807, 2.05) is 26.0 Å². The molecule has 3 aromatic rings. The summed E-state index contributed by atoms with van der Waals surface area (Å²) in [4.78, 5) is 6.79. The maximum Gasteiger partial charge on any atom is 0.232 e. The quantitative estimate of drug-likeness (QED) is 0.436. The first kappa shape index (κ1) is 24.8. The lowest BCUT2D eigenvalue weighted by atomic mass is 10.00. The number of rotatable bonds is 8. The molecule has 4 N–H and O–H groups in total. The van der Waals surface area contributed by atoms with Crippen LogP contribution in [0.5, 0.6) is 5.75 Å². The average molecular weight is 496 g/mol. The van der Waals surface area contributed by atoms with Gasteiger partial charge in [-0.2, -0.15) is 0 Å². The smallest absolute Gasteiger partial charge is 0.232 e. The van der Waals surface area contributed by atoms with Crippen molar-refractivity contribution in [2.24, 2.45) is 5.92 Å². The lowest BCUT2D eigenvalue weighted by Gasteiger charge is -2.29. The van der Waals surface area contributed by atoms with Gasteiger partial charge in [-0.25, -0.2) is 13.4 Å². The molecule has 1 aliphatic rings. The number of anilines is 3. The van der Waals surface area contributed by atoms with E-state index >= 15 is 0 Å². The van der Waals surface area contributed by atoms with Gasteiger partial charge in [0, 0.05) is 55.3 Å². The van der Waals surface area contributed by atoms with Crippen molar-refractivity contribution in [2.75, 3.05) is 54.4 Å². The molecule has 186 valence electrons. The van der Waals surface area contributed by atoms with Crippen LogP contribution >= 0.6 is 0 Å². The summed E-state index contributed by atoms with van der Waals surface area (Å²) in [6.07, 6.45) is 1.76. The Morgan fingerprint density at radius 3 is 2.43 bits per heavy atom. The fourth-order valence-electron chi connectivity index (χ4n) is 4.24. The number of pyridine rings is 1. The lowest BCUT2D eigenvalue weighted by molar-refractivity contribution is 0.415. The Balaban J connectivity index is 1.65. The standard InChI is InChI=1S/C26H33N5O3S/c1-18(2)17-35(32,33)30-22-12-20(13-24(15-22)34-3)25-14-21(16-29-26(25)27)19-4-6-23(7-5-19)31-10-8-28-9-11-31/h4-7,12-16,18,28,30H,8-11,17H2,1-3H3,(H2,27,29). The van der Waals surface area contributed by atoms with Crippen molar-refractivity contribution in [2.45, 2.75) is 13.8 Å². The van der Waals surface area contributed by atoms with Crippen molar-refractivity contribution < 1.29 is 13.2 Å². The van der Waals surface area contributed by atoms with Crippen LogP contribution in [0, 0.1) is 5.92 Å². The number of benzene rings is 2. The van der Waals surface area contributed by atoms with Gasteiger partial charge in [-0.1, -0.05) is 26.0 Å². The van der Waals surface area contributed by atoms with Crippen molar-refractivity contribution in [3.05, 3.63) is 54.7 Å². The van der Waals surface area contributed by atoms with Crippen molar-refractivity contribution in [1.82, 2.24) is 10.3 Å². The highest BCUT2D eigenvalue weighted by molar-refractivity contribution is 7.92. The first-order chi connectivity index (χ1) is 16.7. The van der Waals surface area contributed by atoms with Crippen LogP contribution in [0.1, 0.15) is 13.8 Å². The molecule has 1 saturated heterocycles. The van der Waals surface area contributed by atoms with E-state index in [0.29, 0.717) is 22.8 Å². The highest BCUT2D eigenvalue weighted by atomic mass is 32.2. The van der Waals surface area contributed by atoms with E-state index in [2.05, 4.69) is 44.2 Å². The van der Waals surface area contributed by atoms with Gasteiger partial charge in [0.15, 0.2) is 0 Å². The third-order valence-corrected chi connectivity index (χ3v) is 7.53. The molecule has 2 aromatic carbocycles. The second kappa shape index (κ2) is 10.5. The number of nitrogens with two attached hydrogens (primary N) is 1. The van der Waals surface area contributed by atoms with Gasteiger partial charge in [0.25, 0.3) is 0 Å². The maximum absolute atomic E-state index is 12.5. The van der Waals surface area contributed by atoms with Gasteiger partial charge in [0.2, 0.25) is 10.0 Å². The minimum Gasteiger partial charge on any atom is -0.497 e. The molecule has 0 unspecified atom stereocenters. The van der Waals surface area contributed by atoms with Crippen LogP contribution < -0.4 is 25.4 Å². The average Bonchev–Trinajstić information content (AvgIpc) is 2.83. The number of hydrogen-bond acceptors (Lipinski definition) is 7. The Bertz CT molecular complexity index is 1270. The summed E-state index contributed by atoms with van der Waals surface area (Å²) >= 11 is 0. The van der Waals surface area contributed by atoms with E-state index in [1.165, 1.54) is 5.69 Å². The van der Waals surface area contributed by atoms with E-state index in [9.17, 15) is 8.42 Å². The molecule has 0 bridgehead atoms. The van der Waals surface area contributed by atoms with Crippen molar-refractivity contribution in [1.29, 1.82) is 0 Å². The van der Waals surface area contributed by atoms with Gasteiger partial charge in [-0.15, -0.1) is 0 Å². The van der Waals surface area contributed by atoms with Crippen molar-refractivity contribution in [3.8, 4) is 28.0 Å². The number of hydrogen-bond donors (Lipinski definition) is 3. The molecule has 0 aliphatic carbocycles. The minimum atomic E-state index is -3.49. The molecule has 0 saturated carbocycles. The Morgan fingerprint density at radius 1 is 1.06 bits per heavy atom. The second-order valence-corrected chi connectivity index (χ2v) is 10.9. The summed E-state index contributed by atoms with van der Waals surface area (Å²) in [7, 11) is -1.95. The zero-order valence-corrected chi connectivity index (χ0v) is 21.2. The Kier molecular flexibility index (Phi) is 7.47. The van der Waals surface area contributed by atoms with Gasteiger partial charge in [0.05, 0.1) is 18.6 Å². The van der Waals surface area contributed by atoms with Crippen molar-refractivity contribution in [3.63, 3.8) is 0 Å². The third kappa shape index (κ3) is 6.23. The van der Waals surface area contributed by atoms with Crippen molar-refractivity contribution >= 4 is 27.2 Å². The number of nitrogens with one attached hydrogen (secondary N) is 2. The summed E-state index contributed by atoms with van der Waals surface area (Å²) in [5, 5.41) is 3.37. The molecular formula is C26H33N5O3S. The number of methoxy groups -OCH3 is 1. The molecule has 8 nitrogen and oxygen atoms in total. The van der Waals surface area contributed by atoms with Crippen LogP contribution in [0.2, 0.25) is 0 Å². The number of ether oxygens (including phenoxy) is 1. The van der Waals surface area contributed by atoms with Crippen LogP contribution in [0.15, 0.2) is 54.7 Å². The monoisotopic (exact) mass is 495 g/mol. The number of nitrogen functional groups attached to an aromatic ring is 1. The van der Waals surface area contributed by atoms with E-state index < -0.39 is 10.0 Å². The maximum atomic E-state index is 12.5. The first-order valence-corrected chi connectivity index (χ1v) is 13.4. The fourth-order valence-corrected chi connectivity index (χ4v) is 5.68. The summed E-state index contributed by atoms with van der Waals surface area (Å²) in [5.74, 6) is 0.917. The Morgan fingerprint density at radius 2 is 1.77 bits per heavy atom. The molecule has 35 heavy (non-hydrogen) atoms. The molecule has 1 aliphatic heterocycles. The van der Waals surface area contributed by atoms with Gasteiger partial charge in [-0.05, 0) is 47.4 Å². The van der Waals surface area contributed by atoms with Crippen LogP contribution in [0.4, 0.5) is 17.2 Å². The normalized spacial score (nSPS) is 14.2. The van der Waals surface area contributed by atoms with Crippen LogP contribution in [0.3, 0.4) is 0 Å². The molecule has 0 atom stereocenters. The van der Waals surface area contributed by atoms with Gasteiger partial charge in [0.1, 0.15) is 11.6 Å². The van der Waals surface area contributed by atoms with E-state index in [4.69, 9.17) is 10.5 Å². The number of nitrogens with zero attached hydrogens (tertiary/aromatic N) is 2. The Hall–Kier alpha value is -3.30. The molecule has 1 aromatic heterocycles. The molecule has 0 radical (unpaired) electrons. The molecule has 2 heterocycles. The number of aromatic nitrogens is 1. The SMILES string of the molecule is COc1cc(NS(=O)(=O)CC(C)C)cc(-c2cc(-c3ccc(N4CCNCC4)cc3)cnc2N)c1. The second-order valence-electron chi connectivity index (χ2n) is 9.17.